The maximum absolute atomic E-state index is 11.4. The first-order chi connectivity index (χ1) is 9.76. The van der Waals surface area contributed by atoms with Gasteiger partial charge in [0.25, 0.3) is 0 Å². The Hall–Kier alpha value is -0.330. The molecule has 2 rings (SSSR count). The summed E-state index contributed by atoms with van der Waals surface area (Å²) < 4.78 is 25.4. The van der Waals surface area contributed by atoms with Crippen LogP contribution in [0.1, 0.15) is 31.4 Å². The fourth-order valence-corrected chi connectivity index (χ4v) is 4.16. The third kappa shape index (κ3) is 4.83. The molecule has 118 valence electrons. The Labute approximate surface area is 136 Å². The lowest BCUT2D eigenvalue weighted by atomic mass is 10.0. The fourth-order valence-electron chi connectivity index (χ4n) is 2.79. The lowest BCUT2D eigenvalue weighted by molar-refractivity contribution is 0.154. The van der Waals surface area contributed by atoms with Gasteiger partial charge in [-0.25, -0.2) is 13.1 Å². The van der Waals surface area contributed by atoms with E-state index >= 15 is 0 Å². The molecule has 4 nitrogen and oxygen atoms in total. The number of hydrogen-bond donors (Lipinski definition) is 1. The minimum absolute atomic E-state index is 0.0396. The van der Waals surface area contributed by atoms with Crippen LogP contribution in [-0.2, 0) is 10.0 Å². The van der Waals surface area contributed by atoms with Gasteiger partial charge in [0, 0.05) is 28.7 Å². The highest BCUT2D eigenvalue weighted by Crippen LogP contribution is 2.31. The molecule has 1 aliphatic rings. The van der Waals surface area contributed by atoms with E-state index in [1.807, 2.05) is 12.1 Å². The molecule has 0 amide bonds. The predicted molar refractivity (Wildman–Crippen MR) is 87.5 cm³/mol. The lowest BCUT2D eigenvalue weighted by Gasteiger charge is -2.37. The van der Waals surface area contributed by atoms with Crippen molar-refractivity contribution in [3.05, 3.63) is 33.8 Å². The van der Waals surface area contributed by atoms with Crippen LogP contribution in [0, 0.1) is 0 Å². The fraction of sp³-hybridized carbons (Fsp3) is 0.571. The molecule has 1 aromatic rings. The standard InChI is InChI=1S/C14H20Cl2N2O2S/c1-10(13-6-5-11(15)8-14(13)16)18-7-3-4-12(9-18)17-21(2,19)20/h5-6,8,10,12,17H,3-4,7,9H2,1-2H3. The van der Waals surface area contributed by atoms with Crippen LogP contribution >= 0.6 is 23.2 Å². The van der Waals surface area contributed by atoms with Gasteiger partial charge < -0.3 is 0 Å². The molecule has 1 saturated heterocycles. The lowest BCUT2D eigenvalue weighted by Crippen LogP contribution is -2.48. The van der Waals surface area contributed by atoms with E-state index in [-0.39, 0.29) is 12.1 Å². The number of nitrogens with one attached hydrogen (secondary N) is 1. The molecule has 21 heavy (non-hydrogen) atoms. The van der Waals surface area contributed by atoms with E-state index in [1.165, 1.54) is 6.26 Å². The molecule has 0 bridgehead atoms. The van der Waals surface area contributed by atoms with Gasteiger partial charge in [-0.15, -0.1) is 0 Å². The average Bonchev–Trinajstić information content (AvgIpc) is 2.36. The molecule has 1 heterocycles. The number of rotatable bonds is 4. The normalized spacial score (nSPS) is 22.2. The summed E-state index contributed by atoms with van der Waals surface area (Å²) in [6.07, 6.45) is 3.03. The van der Waals surface area contributed by atoms with Crippen molar-refractivity contribution in [2.45, 2.75) is 31.8 Å². The Balaban J connectivity index is 2.10. The molecule has 7 heteroatoms. The largest absolute Gasteiger partial charge is 0.295 e. The highest BCUT2D eigenvalue weighted by atomic mass is 35.5. The Morgan fingerprint density at radius 1 is 1.38 bits per heavy atom. The van der Waals surface area contributed by atoms with E-state index < -0.39 is 10.0 Å². The van der Waals surface area contributed by atoms with Crippen molar-refractivity contribution in [1.82, 2.24) is 9.62 Å². The summed E-state index contributed by atoms with van der Waals surface area (Å²) in [6, 6.07) is 5.59. The van der Waals surface area contributed by atoms with E-state index in [0.29, 0.717) is 16.6 Å². The number of likely N-dealkylation sites (tertiary alicyclic amines) is 1. The summed E-state index contributed by atoms with van der Waals surface area (Å²) in [5.74, 6) is 0. The van der Waals surface area contributed by atoms with Crippen molar-refractivity contribution in [3.63, 3.8) is 0 Å². The van der Waals surface area contributed by atoms with E-state index in [9.17, 15) is 8.42 Å². The molecular formula is C14H20Cl2N2O2S. The molecule has 1 N–H and O–H groups in total. The molecule has 0 aliphatic carbocycles. The summed E-state index contributed by atoms with van der Waals surface area (Å²) >= 11 is 12.2. The van der Waals surface area contributed by atoms with Gasteiger partial charge >= 0.3 is 0 Å². The first kappa shape index (κ1) is 17.0. The summed E-state index contributed by atoms with van der Waals surface area (Å²) in [5.41, 5.74) is 1.01. The molecule has 2 atom stereocenters. The van der Waals surface area contributed by atoms with E-state index in [2.05, 4.69) is 16.5 Å². The van der Waals surface area contributed by atoms with Crippen molar-refractivity contribution in [2.24, 2.45) is 0 Å². The average molecular weight is 351 g/mol. The number of piperidine rings is 1. The number of sulfonamides is 1. The monoisotopic (exact) mass is 350 g/mol. The van der Waals surface area contributed by atoms with Gasteiger partial charge in [-0.05, 0) is 44.0 Å². The molecule has 1 fully saturated rings. The van der Waals surface area contributed by atoms with Crippen LogP contribution in [0.2, 0.25) is 10.0 Å². The molecule has 0 saturated carbocycles. The quantitative estimate of drug-likeness (QED) is 0.907. The van der Waals surface area contributed by atoms with Gasteiger partial charge in [-0.3, -0.25) is 4.90 Å². The maximum Gasteiger partial charge on any atom is 0.208 e. The van der Waals surface area contributed by atoms with Crippen molar-refractivity contribution >= 4 is 33.2 Å². The van der Waals surface area contributed by atoms with E-state index in [4.69, 9.17) is 23.2 Å². The molecular weight excluding hydrogens is 331 g/mol. The van der Waals surface area contributed by atoms with Crippen LogP contribution in [0.5, 0.6) is 0 Å². The topological polar surface area (TPSA) is 49.4 Å². The van der Waals surface area contributed by atoms with Crippen molar-refractivity contribution in [2.75, 3.05) is 19.3 Å². The smallest absolute Gasteiger partial charge is 0.208 e. The van der Waals surface area contributed by atoms with Crippen molar-refractivity contribution in [1.29, 1.82) is 0 Å². The zero-order valence-corrected chi connectivity index (χ0v) is 14.5. The van der Waals surface area contributed by atoms with Crippen LogP contribution in [-0.4, -0.2) is 38.7 Å². The Morgan fingerprint density at radius 3 is 2.71 bits per heavy atom. The molecule has 0 aromatic heterocycles. The third-order valence-electron chi connectivity index (χ3n) is 3.79. The SMILES string of the molecule is CC(c1ccc(Cl)cc1Cl)N1CCCC(NS(C)(=O)=O)C1. The highest BCUT2D eigenvalue weighted by Gasteiger charge is 2.26. The first-order valence-corrected chi connectivity index (χ1v) is 9.57. The number of hydrogen-bond acceptors (Lipinski definition) is 3. The number of nitrogens with zero attached hydrogens (tertiary/aromatic N) is 1. The second-order valence-corrected chi connectivity index (χ2v) is 8.19. The summed E-state index contributed by atoms with van der Waals surface area (Å²) in [5, 5.41) is 1.26. The molecule has 0 radical (unpaired) electrons. The van der Waals surface area contributed by atoms with Gasteiger partial charge in [0.15, 0.2) is 0 Å². The van der Waals surface area contributed by atoms with Crippen molar-refractivity contribution < 1.29 is 8.42 Å². The molecule has 1 aromatic carbocycles. The van der Waals surface area contributed by atoms with Gasteiger partial charge in [0.05, 0.1) is 6.26 Å². The minimum Gasteiger partial charge on any atom is -0.295 e. The second kappa shape index (κ2) is 6.84. The van der Waals surface area contributed by atoms with Gasteiger partial charge in [-0.2, -0.15) is 0 Å². The van der Waals surface area contributed by atoms with Gasteiger partial charge in [0.2, 0.25) is 10.0 Å². The van der Waals surface area contributed by atoms with E-state index in [1.54, 1.807) is 6.07 Å². The van der Waals surface area contributed by atoms with Crippen LogP contribution < -0.4 is 4.72 Å². The Bertz CT molecular complexity index is 607. The maximum atomic E-state index is 11.4. The van der Waals surface area contributed by atoms with Gasteiger partial charge in [0.1, 0.15) is 0 Å². The molecule has 2 unspecified atom stereocenters. The number of benzene rings is 1. The van der Waals surface area contributed by atoms with Crippen LogP contribution in [0.15, 0.2) is 18.2 Å². The number of halogens is 2. The van der Waals surface area contributed by atoms with Gasteiger partial charge in [-0.1, -0.05) is 29.3 Å². The zero-order chi connectivity index (χ0) is 15.6. The minimum atomic E-state index is -3.17. The van der Waals surface area contributed by atoms with Crippen LogP contribution in [0.3, 0.4) is 0 Å². The van der Waals surface area contributed by atoms with E-state index in [0.717, 1.165) is 24.9 Å². The van der Waals surface area contributed by atoms with Crippen LogP contribution in [0.4, 0.5) is 0 Å². The summed E-state index contributed by atoms with van der Waals surface area (Å²) in [4.78, 5) is 2.25. The Morgan fingerprint density at radius 2 is 2.10 bits per heavy atom. The molecule has 1 aliphatic heterocycles. The summed E-state index contributed by atoms with van der Waals surface area (Å²) in [6.45, 7) is 3.70. The van der Waals surface area contributed by atoms with Crippen LogP contribution in [0.25, 0.3) is 0 Å². The Kier molecular flexibility index (Phi) is 5.54. The van der Waals surface area contributed by atoms with Crippen molar-refractivity contribution in [3.8, 4) is 0 Å². The second-order valence-electron chi connectivity index (χ2n) is 5.57. The first-order valence-electron chi connectivity index (χ1n) is 6.92. The predicted octanol–water partition coefficient (Wildman–Crippen LogP) is 3.07. The third-order valence-corrected chi connectivity index (χ3v) is 5.12. The highest BCUT2D eigenvalue weighted by molar-refractivity contribution is 7.88. The summed E-state index contributed by atoms with van der Waals surface area (Å²) in [7, 11) is -3.17. The zero-order valence-electron chi connectivity index (χ0n) is 12.1. The molecule has 0 spiro atoms.